The molecule has 0 radical (unpaired) electrons. The average Bonchev–Trinajstić information content (AvgIpc) is 3.40. The first-order valence-electron chi connectivity index (χ1n) is 11.3. The fourth-order valence-corrected chi connectivity index (χ4v) is 6.43. The summed E-state index contributed by atoms with van der Waals surface area (Å²) in [4.78, 5) is 0. The maximum atomic E-state index is 2.45. The van der Waals surface area contributed by atoms with Crippen LogP contribution in [0.1, 0.15) is 5.56 Å². The van der Waals surface area contributed by atoms with Gasteiger partial charge in [0, 0.05) is 31.9 Å². The van der Waals surface area contributed by atoms with Crippen molar-refractivity contribution >= 4 is 53.3 Å². The van der Waals surface area contributed by atoms with E-state index in [9.17, 15) is 0 Å². The maximum Gasteiger partial charge on any atom is 0.0719 e. The highest BCUT2D eigenvalue weighted by atomic mass is 32.1. The van der Waals surface area contributed by atoms with Gasteiger partial charge in [0.25, 0.3) is 0 Å². The molecule has 1 nitrogen and oxygen atoms in total. The zero-order chi connectivity index (χ0) is 21.9. The fraction of sp³-hybridized carbons (Fsp3) is 0.0323. The Kier molecular flexibility index (Phi) is 3.99. The highest BCUT2D eigenvalue weighted by Gasteiger charge is 2.18. The minimum atomic E-state index is 1.20. The molecule has 0 aliphatic rings. The number of aryl methyl sites for hydroxylation is 1. The lowest BCUT2D eigenvalue weighted by Crippen LogP contribution is -1.93. The summed E-state index contributed by atoms with van der Waals surface area (Å²) in [7, 11) is 0. The number of hydrogen-bond donors (Lipinski definition) is 0. The summed E-state index contributed by atoms with van der Waals surface area (Å²) in [5, 5.41) is 5.28. The van der Waals surface area contributed by atoms with Crippen LogP contribution in [0.4, 0.5) is 0 Å². The second-order valence-corrected chi connectivity index (χ2v) is 9.71. The molecule has 156 valence electrons. The number of hydrogen-bond acceptors (Lipinski definition) is 1. The molecule has 7 rings (SSSR count). The Morgan fingerprint density at radius 1 is 0.606 bits per heavy atom. The number of nitrogens with zero attached hydrogens (tertiary/aromatic N) is 1. The van der Waals surface area contributed by atoms with Crippen molar-refractivity contribution in [3.8, 4) is 16.8 Å². The van der Waals surface area contributed by atoms with Crippen molar-refractivity contribution < 1.29 is 0 Å². The number of para-hydroxylation sites is 1. The van der Waals surface area contributed by atoms with Gasteiger partial charge in [-0.05, 0) is 53.9 Å². The molecule has 2 aromatic heterocycles. The van der Waals surface area contributed by atoms with Crippen LogP contribution in [0.2, 0.25) is 0 Å². The lowest BCUT2D eigenvalue weighted by molar-refractivity contribution is 1.19. The Morgan fingerprint density at radius 2 is 1.36 bits per heavy atom. The first-order valence-corrected chi connectivity index (χ1v) is 12.1. The number of fused-ring (bicyclic) bond motifs is 7. The van der Waals surface area contributed by atoms with Crippen LogP contribution >= 0.6 is 11.3 Å². The molecule has 0 unspecified atom stereocenters. The van der Waals surface area contributed by atoms with E-state index in [-0.39, 0.29) is 0 Å². The van der Waals surface area contributed by atoms with Gasteiger partial charge in [0.15, 0.2) is 0 Å². The van der Waals surface area contributed by atoms with Gasteiger partial charge < -0.3 is 4.57 Å². The molecule has 0 spiro atoms. The topological polar surface area (TPSA) is 4.93 Å². The van der Waals surface area contributed by atoms with Gasteiger partial charge in [-0.3, -0.25) is 0 Å². The van der Waals surface area contributed by atoms with Crippen LogP contribution in [0, 0.1) is 6.92 Å². The molecule has 2 heteroatoms. The van der Waals surface area contributed by atoms with Crippen LogP contribution in [0.5, 0.6) is 0 Å². The molecule has 0 amide bonds. The van der Waals surface area contributed by atoms with Crippen LogP contribution in [0.3, 0.4) is 0 Å². The average molecular weight is 440 g/mol. The van der Waals surface area contributed by atoms with Crippen molar-refractivity contribution in [3.05, 3.63) is 115 Å². The number of thiophene rings is 1. The molecule has 7 aromatic rings. The first-order chi connectivity index (χ1) is 16.3. The van der Waals surface area contributed by atoms with Crippen molar-refractivity contribution in [1.29, 1.82) is 0 Å². The molecule has 0 saturated carbocycles. The van der Waals surface area contributed by atoms with Crippen molar-refractivity contribution in [2.45, 2.75) is 6.92 Å². The quantitative estimate of drug-likeness (QED) is 0.253. The summed E-state index contributed by atoms with van der Waals surface area (Å²) in [5.74, 6) is 0. The van der Waals surface area contributed by atoms with Gasteiger partial charge in [-0.15, -0.1) is 11.3 Å². The Bertz CT molecular complexity index is 1820. The lowest BCUT2D eigenvalue weighted by Gasteiger charge is -2.09. The predicted molar refractivity (Wildman–Crippen MR) is 144 cm³/mol. The summed E-state index contributed by atoms with van der Waals surface area (Å²) < 4.78 is 5.14. The van der Waals surface area contributed by atoms with E-state index in [4.69, 9.17) is 0 Å². The van der Waals surface area contributed by atoms with E-state index in [0.29, 0.717) is 0 Å². The number of benzene rings is 5. The molecular formula is C31H21NS. The summed E-state index contributed by atoms with van der Waals surface area (Å²) in [5.41, 5.74) is 7.61. The van der Waals surface area contributed by atoms with E-state index < -0.39 is 0 Å². The molecule has 2 heterocycles. The van der Waals surface area contributed by atoms with Crippen molar-refractivity contribution in [3.63, 3.8) is 0 Å². The third-order valence-electron chi connectivity index (χ3n) is 6.74. The van der Waals surface area contributed by atoms with Gasteiger partial charge in [0.2, 0.25) is 0 Å². The monoisotopic (exact) mass is 439 g/mol. The molecular weight excluding hydrogens is 418 g/mol. The Labute approximate surface area is 196 Å². The Balaban J connectivity index is 1.66. The second-order valence-electron chi connectivity index (χ2n) is 8.65. The van der Waals surface area contributed by atoms with E-state index in [1.54, 1.807) is 0 Å². The molecule has 0 aliphatic carbocycles. The van der Waals surface area contributed by atoms with Crippen molar-refractivity contribution in [1.82, 2.24) is 4.57 Å². The van der Waals surface area contributed by atoms with Crippen LogP contribution < -0.4 is 0 Å². The van der Waals surface area contributed by atoms with Crippen LogP contribution in [0.25, 0.3) is 58.8 Å². The summed E-state index contributed by atoms with van der Waals surface area (Å²) in [6.07, 6.45) is 0. The molecule has 5 aromatic carbocycles. The van der Waals surface area contributed by atoms with E-state index in [0.717, 1.165) is 0 Å². The van der Waals surface area contributed by atoms with Crippen LogP contribution in [-0.4, -0.2) is 4.57 Å². The lowest BCUT2D eigenvalue weighted by atomic mass is 9.99. The third kappa shape index (κ3) is 2.71. The van der Waals surface area contributed by atoms with Gasteiger partial charge in [-0.1, -0.05) is 78.9 Å². The fourth-order valence-electron chi connectivity index (χ4n) is 5.19. The van der Waals surface area contributed by atoms with Crippen molar-refractivity contribution in [2.24, 2.45) is 0 Å². The Morgan fingerprint density at radius 3 is 2.24 bits per heavy atom. The van der Waals surface area contributed by atoms with Crippen molar-refractivity contribution in [2.75, 3.05) is 0 Å². The molecule has 0 saturated heterocycles. The maximum absolute atomic E-state index is 2.45. The summed E-state index contributed by atoms with van der Waals surface area (Å²) in [6.45, 7) is 2.19. The predicted octanol–water partition coefficient (Wildman–Crippen LogP) is 9.13. The summed E-state index contributed by atoms with van der Waals surface area (Å²) >= 11 is 1.90. The minimum absolute atomic E-state index is 1.20. The standard InChI is InChI=1S/C31H21NS/c1-20-9-5-6-12-23(20)21-15-18-28-27(19-21)25-16-17-26-24-13-7-8-14-29(24)33-31(26)30(25)32(28)22-10-3-2-4-11-22/h2-19H,1H3. The van der Waals surface area contributed by atoms with Gasteiger partial charge >= 0.3 is 0 Å². The molecule has 33 heavy (non-hydrogen) atoms. The normalized spacial score (nSPS) is 11.8. The SMILES string of the molecule is Cc1ccccc1-c1ccc2c(c1)c1ccc3c4ccccc4sc3c1n2-c1ccccc1. The van der Waals surface area contributed by atoms with E-state index >= 15 is 0 Å². The van der Waals surface area contributed by atoms with E-state index in [2.05, 4.69) is 121 Å². The van der Waals surface area contributed by atoms with E-state index in [1.807, 2.05) is 11.3 Å². The van der Waals surface area contributed by atoms with Gasteiger partial charge in [0.1, 0.15) is 0 Å². The third-order valence-corrected chi connectivity index (χ3v) is 7.94. The zero-order valence-electron chi connectivity index (χ0n) is 18.2. The summed E-state index contributed by atoms with van der Waals surface area (Å²) in [6, 6.07) is 39.7. The smallest absolute Gasteiger partial charge is 0.0719 e. The molecule has 0 N–H and O–H groups in total. The number of aromatic nitrogens is 1. The van der Waals surface area contributed by atoms with Crippen LogP contribution in [0.15, 0.2) is 109 Å². The molecule has 0 aliphatic heterocycles. The van der Waals surface area contributed by atoms with Gasteiger partial charge in [-0.2, -0.15) is 0 Å². The number of rotatable bonds is 2. The van der Waals surface area contributed by atoms with Gasteiger partial charge in [0.05, 0.1) is 15.7 Å². The molecule has 0 bridgehead atoms. The zero-order valence-corrected chi connectivity index (χ0v) is 19.1. The highest BCUT2D eigenvalue weighted by Crippen LogP contribution is 2.43. The first kappa shape index (κ1) is 18.7. The Hall–Kier alpha value is -3.88. The minimum Gasteiger partial charge on any atom is -0.308 e. The molecule has 0 atom stereocenters. The van der Waals surface area contributed by atoms with E-state index in [1.165, 1.54) is 64.4 Å². The molecule has 0 fully saturated rings. The van der Waals surface area contributed by atoms with Crippen LogP contribution in [-0.2, 0) is 0 Å². The highest BCUT2D eigenvalue weighted by molar-refractivity contribution is 7.26. The van der Waals surface area contributed by atoms with Gasteiger partial charge in [-0.25, -0.2) is 0 Å². The largest absolute Gasteiger partial charge is 0.308 e. The second kappa shape index (κ2) is 7.06.